The van der Waals surface area contributed by atoms with Gasteiger partial charge in [-0.05, 0) is 30.4 Å². The number of carbonyl (C=O) groups excluding carboxylic acids is 2. The maximum Gasteiger partial charge on any atom is 0.334 e. The molecule has 2 aromatic carbocycles. The van der Waals surface area contributed by atoms with Gasteiger partial charge >= 0.3 is 23.9 Å². The van der Waals surface area contributed by atoms with Gasteiger partial charge in [0.25, 0.3) is 0 Å². The largest absolute Gasteiger partial charge is 0.481 e. The van der Waals surface area contributed by atoms with Gasteiger partial charge in [0.1, 0.15) is 0 Å². The number of carboxylic acid groups (broad SMARTS) is 2. The fraction of sp³-hybridized carbons (Fsp3) is 0.286. The lowest BCUT2D eigenvalue weighted by molar-refractivity contribution is -0.151. The van der Waals surface area contributed by atoms with Crippen LogP contribution < -0.4 is 0 Å². The molecular formula is C28H34O8. The van der Waals surface area contributed by atoms with Crippen molar-refractivity contribution < 1.29 is 40.3 Å². The molecule has 0 spiro atoms. The molecule has 1 unspecified atom stereocenters. The average Bonchev–Trinajstić information content (AvgIpc) is 2.87. The van der Waals surface area contributed by atoms with E-state index >= 15 is 0 Å². The highest BCUT2D eigenvalue weighted by atomic mass is 16.5. The van der Waals surface area contributed by atoms with Crippen LogP contribution in [0.15, 0.2) is 78.4 Å². The lowest BCUT2D eigenvalue weighted by Gasteiger charge is -2.12. The predicted octanol–water partition coefficient (Wildman–Crippen LogP) is 4.79. The van der Waals surface area contributed by atoms with E-state index in [9.17, 15) is 19.2 Å². The molecule has 0 saturated heterocycles. The molecular weight excluding hydrogens is 464 g/mol. The smallest absolute Gasteiger partial charge is 0.334 e. The van der Waals surface area contributed by atoms with E-state index in [0.717, 1.165) is 18.4 Å². The third-order valence-electron chi connectivity index (χ3n) is 4.99. The van der Waals surface area contributed by atoms with Crippen LogP contribution in [-0.2, 0) is 35.1 Å². The summed E-state index contributed by atoms with van der Waals surface area (Å²) in [6, 6.07) is 19.4. The number of hydrogen-bond donors (Lipinski definition) is 2. The summed E-state index contributed by atoms with van der Waals surface area (Å²) in [4.78, 5) is 44.0. The summed E-state index contributed by atoms with van der Waals surface area (Å²) in [5.74, 6) is -3.65. The number of hydrogen-bond acceptors (Lipinski definition) is 6. The third-order valence-corrected chi connectivity index (χ3v) is 4.99. The van der Waals surface area contributed by atoms with Crippen LogP contribution in [-0.4, -0.2) is 48.3 Å². The molecule has 0 aliphatic heterocycles. The Labute approximate surface area is 212 Å². The summed E-state index contributed by atoms with van der Waals surface area (Å²) < 4.78 is 9.13. The monoisotopic (exact) mass is 498 g/mol. The maximum atomic E-state index is 11.4. The standard InChI is InChI=1S/C14H18O4.C14H14O4.H2/c2*1-18-14(17)12(10-13(15)16)9-5-8-11-6-3-2-4-7-11;/h2-4,6-7,12H,5,8-10H2,1H3,(H,15,16);2-9H,10H2,1H3,(H,15,16);1H/b;8-5+,12-9+;. The average molecular weight is 499 g/mol. The molecule has 1 atom stereocenters. The second-order valence-electron chi connectivity index (χ2n) is 7.72. The summed E-state index contributed by atoms with van der Waals surface area (Å²) in [7, 11) is 2.51. The molecule has 0 bridgehead atoms. The molecule has 0 aliphatic carbocycles. The van der Waals surface area contributed by atoms with E-state index in [1.165, 1.54) is 25.9 Å². The van der Waals surface area contributed by atoms with E-state index in [1.807, 2.05) is 60.7 Å². The van der Waals surface area contributed by atoms with Crippen molar-refractivity contribution in [3.05, 3.63) is 89.5 Å². The summed E-state index contributed by atoms with van der Waals surface area (Å²) in [5.41, 5.74) is 2.27. The fourth-order valence-corrected chi connectivity index (χ4v) is 3.21. The normalized spacial score (nSPS) is 11.7. The SMILES string of the molecule is COC(=O)/C(=C/C=C/c1ccccc1)CC(=O)O.COC(=O)C(CCCc1ccccc1)CC(=O)O.[HH]. The molecule has 8 heteroatoms. The van der Waals surface area contributed by atoms with Crippen molar-refractivity contribution in [1.29, 1.82) is 0 Å². The number of aryl methyl sites for hydroxylation is 1. The number of rotatable bonds is 12. The van der Waals surface area contributed by atoms with E-state index in [-0.39, 0.29) is 19.8 Å². The van der Waals surface area contributed by atoms with Crippen molar-refractivity contribution in [1.82, 2.24) is 0 Å². The molecule has 2 aromatic rings. The minimum absolute atomic E-state index is 0. The van der Waals surface area contributed by atoms with Crippen molar-refractivity contribution in [2.45, 2.75) is 32.1 Å². The van der Waals surface area contributed by atoms with Gasteiger partial charge in [0.2, 0.25) is 0 Å². The van der Waals surface area contributed by atoms with Crippen LogP contribution in [0.1, 0.15) is 38.2 Å². The summed E-state index contributed by atoms with van der Waals surface area (Å²) in [6.07, 6.45) is 6.49. The van der Waals surface area contributed by atoms with Crippen molar-refractivity contribution in [2.75, 3.05) is 14.2 Å². The number of carbonyl (C=O) groups is 4. The molecule has 0 aromatic heterocycles. The highest BCUT2D eigenvalue weighted by molar-refractivity contribution is 5.93. The van der Waals surface area contributed by atoms with E-state index in [2.05, 4.69) is 9.47 Å². The minimum atomic E-state index is -1.07. The van der Waals surface area contributed by atoms with Crippen LogP contribution in [0.25, 0.3) is 6.08 Å². The van der Waals surface area contributed by atoms with Crippen LogP contribution in [0, 0.1) is 5.92 Å². The number of methoxy groups -OCH3 is 2. The van der Waals surface area contributed by atoms with Gasteiger partial charge in [0.05, 0.1) is 33.0 Å². The molecule has 0 heterocycles. The predicted molar refractivity (Wildman–Crippen MR) is 137 cm³/mol. The van der Waals surface area contributed by atoms with Crippen LogP contribution >= 0.6 is 0 Å². The molecule has 0 radical (unpaired) electrons. The Balaban J connectivity index is 0.000000682. The van der Waals surface area contributed by atoms with E-state index in [1.54, 1.807) is 12.2 Å². The molecule has 2 rings (SSSR count). The first-order valence-electron chi connectivity index (χ1n) is 11.3. The first kappa shape index (κ1) is 29.8. The Morgan fingerprint density at radius 1 is 0.889 bits per heavy atom. The molecule has 0 amide bonds. The Bertz CT molecular complexity index is 1030. The van der Waals surface area contributed by atoms with Gasteiger partial charge in [0, 0.05) is 7.00 Å². The second-order valence-corrected chi connectivity index (χ2v) is 7.72. The van der Waals surface area contributed by atoms with Crippen molar-refractivity contribution in [3.63, 3.8) is 0 Å². The number of aliphatic carboxylic acids is 2. The van der Waals surface area contributed by atoms with E-state index < -0.39 is 29.8 Å². The van der Waals surface area contributed by atoms with Gasteiger partial charge < -0.3 is 19.7 Å². The zero-order chi connectivity index (χ0) is 26.8. The number of ether oxygens (including phenoxy) is 2. The second kappa shape index (κ2) is 17.3. The zero-order valence-electron chi connectivity index (χ0n) is 20.5. The van der Waals surface area contributed by atoms with Crippen LogP contribution in [0.2, 0.25) is 0 Å². The van der Waals surface area contributed by atoms with Crippen LogP contribution in [0.4, 0.5) is 0 Å². The van der Waals surface area contributed by atoms with Crippen molar-refractivity contribution in [3.8, 4) is 0 Å². The van der Waals surface area contributed by atoms with Gasteiger partial charge in [-0.3, -0.25) is 14.4 Å². The van der Waals surface area contributed by atoms with Gasteiger partial charge in [0.15, 0.2) is 0 Å². The maximum absolute atomic E-state index is 11.4. The molecule has 0 saturated carbocycles. The quantitative estimate of drug-likeness (QED) is 0.243. The van der Waals surface area contributed by atoms with Gasteiger partial charge in [-0.25, -0.2) is 4.79 Å². The summed E-state index contributed by atoms with van der Waals surface area (Å²) in [5, 5.41) is 17.4. The van der Waals surface area contributed by atoms with Gasteiger partial charge in [-0.1, -0.05) is 78.9 Å². The Kier molecular flexibility index (Phi) is 14.3. The number of benzene rings is 2. The fourth-order valence-electron chi connectivity index (χ4n) is 3.21. The molecule has 2 N–H and O–H groups in total. The first-order valence-corrected chi connectivity index (χ1v) is 11.3. The summed E-state index contributed by atoms with van der Waals surface area (Å²) >= 11 is 0. The lowest BCUT2D eigenvalue weighted by atomic mass is 9.97. The summed E-state index contributed by atoms with van der Waals surface area (Å²) in [6.45, 7) is 0. The lowest BCUT2D eigenvalue weighted by Crippen LogP contribution is -2.20. The third kappa shape index (κ3) is 12.9. The molecule has 0 aliphatic rings. The zero-order valence-corrected chi connectivity index (χ0v) is 20.5. The Morgan fingerprint density at radius 3 is 2.03 bits per heavy atom. The van der Waals surface area contributed by atoms with Gasteiger partial charge in [-0.2, -0.15) is 0 Å². The molecule has 8 nitrogen and oxygen atoms in total. The first-order chi connectivity index (χ1) is 17.3. The van der Waals surface area contributed by atoms with Crippen LogP contribution in [0.3, 0.4) is 0 Å². The highest BCUT2D eigenvalue weighted by Gasteiger charge is 2.21. The van der Waals surface area contributed by atoms with Gasteiger partial charge in [-0.15, -0.1) is 0 Å². The molecule has 0 fully saturated rings. The molecule has 194 valence electrons. The van der Waals surface area contributed by atoms with Crippen molar-refractivity contribution in [2.24, 2.45) is 5.92 Å². The van der Waals surface area contributed by atoms with Crippen LogP contribution in [0.5, 0.6) is 0 Å². The Morgan fingerprint density at radius 2 is 1.50 bits per heavy atom. The van der Waals surface area contributed by atoms with E-state index in [4.69, 9.17) is 10.2 Å². The topological polar surface area (TPSA) is 127 Å². The minimum Gasteiger partial charge on any atom is -0.481 e. The number of carboxylic acids is 2. The Hall–Kier alpha value is -4.20. The number of esters is 2. The number of allylic oxidation sites excluding steroid dienone is 2. The van der Waals surface area contributed by atoms with E-state index in [0.29, 0.717) is 6.42 Å². The molecule has 36 heavy (non-hydrogen) atoms. The highest BCUT2D eigenvalue weighted by Crippen LogP contribution is 2.16. The van der Waals surface area contributed by atoms with Crippen molar-refractivity contribution >= 4 is 30.0 Å².